The molecule has 1 aliphatic rings. The van der Waals surface area contributed by atoms with Crippen molar-refractivity contribution >= 4 is 11.6 Å². The number of aromatic hydroxyl groups is 1. The van der Waals surface area contributed by atoms with Gasteiger partial charge in [0.05, 0.1) is 0 Å². The molecule has 5 heteroatoms. The van der Waals surface area contributed by atoms with E-state index in [9.17, 15) is 5.11 Å². The van der Waals surface area contributed by atoms with Crippen LogP contribution in [-0.2, 0) is 0 Å². The van der Waals surface area contributed by atoms with E-state index in [0.717, 1.165) is 0 Å². The van der Waals surface area contributed by atoms with E-state index in [4.69, 9.17) is 26.2 Å². The summed E-state index contributed by atoms with van der Waals surface area (Å²) in [6.07, 6.45) is 0. The van der Waals surface area contributed by atoms with Crippen LogP contribution in [0.3, 0.4) is 0 Å². The van der Waals surface area contributed by atoms with Gasteiger partial charge >= 0.3 is 0 Å². The molecular weight excluding hydrogens is 232 g/mol. The number of fused-ring (bicyclic) bond motifs is 1. The second-order valence-corrected chi connectivity index (χ2v) is 4.11. The molecule has 2 N–H and O–H groups in total. The molecule has 0 spiro atoms. The molecule has 0 radical (unpaired) electrons. The van der Waals surface area contributed by atoms with Crippen molar-refractivity contribution in [3.05, 3.63) is 16.7 Å². The predicted octanol–water partition coefficient (Wildman–Crippen LogP) is 1.91. The summed E-state index contributed by atoms with van der Waals surface area (Å²) < 4.78 is 10.7. The fraction of sp³-hybridized carbons (Fsp3) is 0.455. The van der Waals surface area contributed by atoms with E-state index in [1.165, 1.54) is 0 Å². The van der Waals surface area contributed by atoms with Crippen LogP contribution in [0.25, 0.3) is 0 Å². The van der Waals surface area contributed by atoms with Gasteiger partial charge in [0, 0.05) is 18.1 Å². The Hall–Kier alpha value is -1.13. The van der Waals surface area contributed by atoms with Crippen LogP contribution in [0.1, 0.15) is 18.4 Å². The van der Waals surface area contributed by atoms with Gasteiger partial charge in [0.15, 0.2) is 11.5 Å². The molecule has 4 nitrogen and oxygen atoms in total. The van der Waals surface area contributed by atoms with Crippen LogP contribution in [0.2, 0.25) is 5.02 Å². The average molecular weight is 245 g/mol. The number of aliphatic hydroxyl groups excluding tert-OH is 1. The second-order valence-electron chi connectivity index (χ2n) is 3.74. The summed E-state index contributed by atoms with van der Waals surface area (Å²) >= 11 is 5.98. The van der Waals surface area contributed by atoms with Crippen LogP contribution in [-0.4, -0.2) is 30.0 Å². The third-order valence-electron chi connectivity index (χ3n) is 2.58. The normalized spacial score (nSPS) is 15.9. The third-order valence-corrected chi connectivity index (χ3v) is 2.93. The van der Waals surface area contributed by atoms with Gasteiger partial charge in [-0.1, -0.05) is 18.5 Å². The van der Waals surface area contributed by atoms with Crippen molar-refractivity contribution in [1.29, 1.82) is 0 Å². The molecule has 0 amide bonds. The number of hydrogen-bond acceptors (Lipinski definition) is 4. The lowest BCUT2D eigenvalue weighted by molar-refractivity contribution is 0.170. The van der Waals surface area contributed by atoms with E-state index < -0.39 is 0 Å². The first-order valence-electron chi connectivity index (χ1n) is 5.07. The smallest absolute Gasteiger partial charge is 0.183 e. The Balaban J connectivity index is 2.52. The van der Waals surface area contributed by atoms with E-state index in [0.29, 0.717) is 30.3 Å². The van der Waals surface area contributed by atoms with E-state index in [-0.39, 0.29) is 23.3 Å². The molecule has 0 bridgehead atoms. The maximum Gasteiger partial charge on any atom is 0.183 e. The second kappa shape index (κ2) is 4.39. The zero-order valence-corrected chi connectivity index (χ0v) is 9.62. The molecule has 0 saturated carbocycles. The van der Waals surface area contributed by atoms with Crippen molar-refractivity contribution in [1.82, 2.24) is 0 Å². The molecule has 1 aliphatic heterocycles. The fourth-order valence-corrected chi connectivity index (χ4v) is 1.89. The number of aliphatic hydroxyl groups is 1. The molecule has 1 heterocycles. The molecule has 1 aromatic carbocycles. The monoisotopic (exact) mass is 244 g/mol. The van der Waals surface area contributed by atoms with Gasteiger partial charge in [-0.05, 0) is 6.07 Å². The first-order valence-corrected chi connectivity index (χ1v) is 5.44. The summed E-state index contributed by atoms with van der Waals surface area (Å²) in [5.41, 5.74) is 0.566. The summed E-state index contributed by atoms with van der Waals surface area (Å²) in [6, 6.07) is 1.66. The highest BCUT2D eigenvalue weighted by Gasteiger charge is 2.23. The van der Waals surface area contributed by atoms with Crippen LogP contribution >= 0.6 is 11.6 Å². The maximum atomic E-state index is 9.88. The predicted molar refractivity (Wildman–Crippen MR) is 59.6 cm³/mol. The number of phenols is 1. The van der Waals surface area contributed by atoms with Gasteiger partial charge in [0.1, 0.15) is 24.0 Å². The highest BCUT2D eigenvalue weighted by atomic mass is 35.5. The molecule has 0 saturated heterocycles. The summed E-state index contributed by atoms with van der Waals surface area (Å²) in [4.78, 5) is 0. The van der Waals surface area contributed by atoms with E-state index >= 15 is 0 Å². The van der Waals surface area contributed by atoms with Crippen molar-refractivity contribution in [2.75, 3.05) is 19.8 Å². The quantitative estimate of drug-likeness (QED) is 0.835. The van der Waals surface area contributed by atoms with Gasteiger partial charge in [0.25, 0.3) is 0 Å². The van der Waals surface area contributed by atoms with Crippen molar-refractivity contribution in [3.63, 3.8) is 0 Å². The van der Waals surface area contributed by atoms with E-state index in [2.05, 4.69) is 0 Å². The maximum absolute atomic E-state index is 9.88. The number of benzene rings is 1. The van der Waals surface area contributed by atoms with Gasteiger partial charge in [-0.2, -0.15) is 0 Å². The van der Waals surface area contributed by atoms with Crippen LogP contribution in [0, 0.1) is 0 Å². The minimum atomic E-state index is -0.201. The zero-order valence-electron chi connectivity index (χ0n) is 8.86. The van der Waals surface area contributed by atoms with Gasteiger partial charge in [-0.25, -0.2) is 0 Å². The lowest BCUT2D eigenvalue weighted by atomic mass is 10.00. The molecule has 88 valence electrons. The standard InChI is InChI=1S/C11H13ClO4/c1-6(5-13)7-4-8-11(9(12)10(7)14)16-3-2-15-8/h4,6,13-14H,2-3,5H2,1H3. The minimum absolute atomic E-state index is 0.0486. The Morgan fingerprint density at radius 2 is 2.12 bits per heavy atom. The largest absolute Gasteiger partial charge is 0.506 e. The molecule has 1 aromatic rings. The first-order chi connectivity index (χ1) is 7.65. The van der Waals surface area contributed by atoms with Crippen LogP contribution in [0.4, 0.5) is 0 Å². The first kappa shape index (κ1) is 11.4. The summed E-state index contributed by atoms with van der Waals surface area (Å²) in [6.45, 7) is 2.60. The molecule has 0 fully saturated rings. The van der Waals surface area contributed by atoms with Crippen molar-refractivity contribution in [3.8, 4) is 17.2 Å². The van der Waals surface area contributed by atoms with Crippen LogP contribution in [0.5, 0.6) is 17.2 Å². The topological polar surface area (TPSA) is 58.9 Å². The SMILES string of the molecule is CC(CO)c1cc2c(c(Cl)c1O)OCCO2. The Morgan fingerprint density at radius 1 is 1.44 bits per heavy atom. The van der Waals surface area contributed by atoms with Crippen molar-refractivity contribution in [2.24, 2.45) is 0 Å². The molecule has 1 atom stereocenters. The summed E-state index contributed by atoms with van der Waals surface area (Å²) in [5, 5.41) is 19.1. The molecule has 16 heavy (non-hydrogen) atoms. The zero-order chi connectivity index (χ0) is 11.7. The van der Waals surface area contributed by atoms with Crippen molar-refractivity contribution in [2.45, 2.75) is 12.8 Å². The lowest BCUT2D eigenvalue weighted by Gasteiger charge is -2.22. The third kappa shape index (κ3) is 1.79. The Morgan fingerprint density at radius 3 is 2.81 bits per heavy atom. The number of rotatable bonds is 2. The highest BCUT2D eigenvalue weighted by Crippen LogP contribution is 2.46. The Bertz CT molecular complexity index is 405. The fourth-order valence-electron chi connectivity index (χ4n) is 1.63. The van der Waals surface area contributed by atoms with E-state index in [1.807, 2.05) is 0 Å². The minimum Gasteiger partial charge on any atom is -0.506 e. The summed E-state index contributed by atoms with van der Waals surface area (Å²) in [7, 11) is 0. The van der Waals surface area contributed by atoms with Gasteiger partial charge in [-0.3, -0.25) is 0 Å². The molecule has 2 rings (SSSR count). The molecule has 0 aliphatic carbocycles. The molecular formula is C11H13ClO4. The average Bonchev–Trinajstić information content (AvgIpc) is 2.33. The van der Waals surface area contributed by atoms with Gasteiger partial charge < -0.3 is 19.7 Å². The molecule has 1 unspecified atom stereocenters. The highest BCUT2D eigenvalue weighted by molar-refractivity contribution is 6.34. The van der Waals surface area contributed by atoms with Crippen LogP contribution in [0.15, 0.2) is 6.07 Å². The Kier molecular flexibility index (Phi) is 3.12. The van der Waals surface area contributed by atoms with Gasteiger partial charge in [0.2, 0.25) is 0 Å². The lowest BCUT2D eigenvalue weighted by Crippen LogP contribution is -2.16. The van der Waals surface area contributed by atoms with Crippen LogP contribution < -0.4 is 9.47 Å². The Labute approximate surface area is 98.4 Å². The number of hydrogen-bond donors (Lipinski definition) is 2. The number of halogens is 1. The summed E-state index contributed by atoms with van der Waals surface area (Å²) in [5.74, 6) is 0.643. The number of ether oxygens (including phenoxy) is 2. The number of phenolic OH excluding ortho intramolecular Hbond substituents is 1. The van der Waals surface area contributed by atoms with E-state index in [1.54, 1.807) is 13.0 Å². The van der Waals surface area contributed by atoms with Crippen molar-refractivity contribution < 1.29 is 19.7 Å². The van der Waals surface area contributed by atoms with Gasteiger partial charge in [-0.15, -0.1) is 0 Å². The molecule has 0 aromatic heterocycles.